The first-order valence-corrected chi connectivity index (χ1v) is 8.98. The van der Waals surface area contributed by atoms with Crippen LogP contribution in [-0.2, 0) is 6.54 Å². The highest BCUT2D eigenvalue weighted by atomic mass is 19.1. The molecule has 2 aromatic rings. The number of aryl methyl sites for hydroxylation is 1. The van der Waals surface area contributed by atoms with Gasteiger partial charge in [0.1, 0.15) is 0 Å². The Kier molecular flexibility index (Phi) is 5.99. The van der Waals surface area contributed by atoms with Crippen LogP contribution in [0.15, 0.2) is 41.7 Å². The van der Waals surface area contributed by atoms with E-state index in [1.807, 2.05) is 30.9 Å². The van der Waals surface area contributed by atoms with Crippen molar-refractivity contribution in [1.82, 2.24) is 20.6 Å². The van der Waals surface area contributed by atoms with E-state index in [9.17, 15) is 4.39 Å². The fraction of sp³-hybridized carbons (Fsp3) is 0.421. The number of pyridine rings is 2. The lowest BCUT2D eigenvalue weighted by Crippen LogP contribution is -2.44. The molecule has 1 aliphatic rings. The van der Waals surface area contributed by atoms with E-state index in [0.717, 1.165) is 36.7 Å². The Morgan fingerprint density at radius 3 is 2.88 bits per heavy atom. The van der Waals surface area contributed by atoms with Gasteiger partial charge in [0, 0.05) is 38.1 Å². The van der Waals surface area contributed by atoms with E-state index in [0.29, 0.717) is 18.9 Å². The second kappa shape index (κ2) is 8.60. The van der Waals surface area contributed by atoms with Crippen LogP contribution in [0, 0.1) is 12.7 Å². The first kappa shape index (κ1) is 18.1. The number of halogens is 1. The van der Waals surface area contributed by atoms with Gasteiger partial charge >= 0.3 is 0 Å². The largest absolute Gasteiger partial charge is 0.357 e. The number of hydrogen-bond acceptors (Lipinski definition) is 4. The summed E-state index contributed by atoms with van der Waals surface area (Å²) in [7, 11) is 0. The van der Waals surface area contributed by atoms with Crippen LogP contribution in [0.25, 0.3) is 0 Å². The molecule has 0 spiro atoms. The Bertz CT molecular complexity index is 763. The van der Waals surface area contributed by atoms with Crippen molar-refractivity contribution in [2.24, 2.45) is 4.99 Å². The lowest BCUT2D eigenvalue weighted by molar-refractivity contribution is 0.612. The van der Waals surface area contributed by atoms with E-state index in [-0.39, 0.29) is 11.9 Å². The number of aromatic nitrogens is 2. The summed E-state index contributed by atoms with van der Waals surface area (Å²) in [6, 6.07) is 7.22. The van der Waals surface area contributed by atoms with E-state index < -0.39 is 0 Å². The summed E-state index contributed by atoms with van der Waals surface area (Å²) in [5.41, 5.74) is 2.10. The zero-order valence-electron chi connectivity index (χ0n) is 15.2. The number of hydrogen-bond donors (Lipinski definition) is 2. The van der Waals surface area contributed by atoms with Gasteiger partial charge in [-0.25, -0.2) is 14.4 Å². The van der Waals surface area contributed by atoms with Crippen LogP contribution in [0.5, 0.6) is 0 Å². The van der Waals surface area contributed by atoms with Gasteiger partial charge < -0.3 is 15.5 Å². The van der Waals surface area contributed by atoms with Gasteiger partial charge in [-0.1, -0.05) is 6.07 Å². The molecule has 1 saturated heterocycles. The Balaban J connectivity index is 1.63. The molecule has 2 aromatic heterocycles. The van der Waals surface area contributed by atoms with Crippen molar-refractivity contribution in [3.8, 4) is 0 Å². The van der Waals surface area contributed by atoms with Crippen LogP contribution >= 0.6 is 0 Å². The summed E-state index contributed by atoms with van der Waals surface area (Å²) < 4.78 is 13.9. The van der Waals surface area contributed by atoms with Gasteiger partial charge in [0.05, 0.1) is 12.2 Å². The molecule has 3 heterocycles. The molecule has 1 fully saturated rings. The fourth-order valence-corrected chi connectivity index (χ4v) is 3.03. The maximum atomic E-state index is 13.9. The predicted octanol–water partition coefficient (Wildman–Crippen LogP) is 2.26. The molecular formula is C19H25FN6. The Morgan fingerprint density at radius 2 is 2.12 bits per heavy atom. The van der Waals surface area contributed by atoms with Gasteiger partial charge in [0.2, 0.25) is 0 Å². The minimum atomic E-state index is -0.278. The molecule has 0 bridgehead atoms. The topological polar surface area (TPSA) is 65.4 Å². The number of anilines is 1. The second-order valence-corrected chi connectivity index (χ2v) is 6.35. The van der Waals surface area contributed by atoms with Crippen molar-refractivity contribution in [3.05, 3.63) is 53.7 Å². The molecule has 1 atom stereocenters. The zero-order chi connectivity index (χ0) is 18.4. The number of rotatable bonds is 5. The van der Waals surface area contributed by atoms with Crippen molar-refractivity contribution < 1.29 is 4.39 Å². The standard InChI is InChI=1S/C19H25FN6/c1-3-21-19(24-12-17-14(2)6-4-9-22-17)25-15-8-11-26(13-15)18-16(20)7-5-10-23-18/h4-7,9-10,15H,3,8,11-13H2,1-2H3,(H2,21,24,25). The van der Waals surface area contributed by atoms with E-state index in [2.05, 4.69) is 25.6 Å². The Labute approximate surface area is 153 Å². The second-order valence-electron chi connectivity index (χ2n) is 6.35. The average Bonchev–Trinajstić information content (AvgIpc) is 3.10. The third-order valence-electron chi connectivity index (χ3n) is 4.42. The van der Waals surface area contributed by atoms with Crippen LogP contribution in [0.3, 0.4) is 0 Å². The van der Waals surface area contributed by atoms with E-state index in [1.165, 1.54) is 6.07 Å². The highest BCUT2D eigenvalue weighted by molar-refractivity contribution is 5.80. The highest BCUT2D eigenvalue weighted by Crippen LogP contribution is 2.20. The molecule has 1 unspecified atom stereocenters. The molecule has 6 nitrogen and oxygen atoms in total. The van der Waals surface area contributed by atoms with Crippen molar-refractivity contribution in [2.45, 2.75) is 32.9 Å². The number of nitrogens with zero attached hydrogens (tertiary/aromatic N) is 4. The van der Waals surface area contributed by atoms with Gasteiger partial charge in [0.15, 0.2) is 17.6 Å². The molecule has 0 amide bonds. The van der Waals surface area contributed by atoms with Crippen LogP contribution in [-0.4, -0.2) is 41.6 Å². The number of guanidine groups is 1. The molecule has 1 aliphatic heterocycles. The van der Waals surface area contributed by atoms with Crippen molar-refractivity contribution >= 4 is 11.8 Å². The summed E-state index contributed by atoms with van der Waals surface area (Å²) >= 11 is 0. The minimum absolute atomic E-state index is 0.194. The first-order valence-electron chi connectivity index (χ1n) is 8.98. The van der Waals surface area contributed by atoms with Gasteiger partial charge in [-0.05, 0) is 44.0 Å². The molecule has 0 aliphatic carbocycles. The summed E-state index contributed by atoms with van der Waals surface area (Å²) in [6.45, 7) is 6.83. The normalized spacial score (nSPS) is 17.4. The van der Waals surface area contributed by atoms with Crippen molar-refractivity contribution in [1.29, 1.82) is 0 Å². The van der Waals surface area contributed by atoms with Gasteiger partial charge in [-0.2, -0.15) is 0 Å². The van der Waals surface area contributed by atoms with Crippen molar-refractivity contribution in [2.75, 3.05) is 24.5 Å². The molecular weight excluding hydrogens is 331 g/mol. The zero-order valence-corrected chi connectivity index (χ0v) is 15.2. The third kappa shape index (κ3) is 4.47. The quantitative estimate of drug-likeness (QED) is 0.635. The van der Waals surface area contributed by atoms with Gasteiger partial charge in [-0.3, -0.25) is 4.98 Å². The molecule has 3 rings (SSSR count). The van der Waals surface area contributed by atoms with Crippen LogP contribution < -0.4 is 15.5 Å². The number of aliphatic imine (C=N–C) groups is 1. The Morgan fingerprint density at radius 1 is 1.31 bits per heavy atom. The molecule has 26 heavy (non-hydrogen) atoms. The van der Waals surface area contributed by atoms with E-state index >= 15 is 0 Å². The van der Waals surface area contributed by atoms with E-state index in [1.54, 1.807) is 18.5 Å². The first-order chi connectivity index (χ1) is 12.7. The summed E-state index contributed by atoms with van der Waals surface area (Å²) in [5.74, 6) is 0.896. The van der Waals surface area contributed by atoms with E-state index in [4.69, 9.17) is 0 Å². The molecule has 7 heteroatoms. The monoisotopic (exact) mass is 356 g/mol. The maximum Gasteiger partial charge on any atom is 0.191 e. The Hall–Kier alpha value is -2.70. The lowest BCUT2D eigenvalue weighted by Gasteiger charge is -2.20. The molecule has 2 N–H and O–H groups in total. The lowest BCUT2D eigenvalue weighted by atomic mass is 10.2. The molecule has 138 valence electrons. The number of nitrogens with one attached hydrogen (secondary N) is 2. The minimum Gasteiger partial charge on any atom is -0.357 e. The van der Waals surface area contributed by atoms with Crippen LogP contribution in [0.1, 0.15) is 24.6 Å². The SMILES string of the molecule is CCNC(=NCc1ncccc1C)NC1CCN(c2ncccc2F)C1. The summed E-state index contributed by atoms with van der Waals surface area (Å²) in [5, 5.41) is 6.71. The van der Waals surface area contributed by atoms with Crippen molar-refractivity contribution in [3.63, 3.8) is 0 Å². The van der Waals surface area contributed by atoms with Gasteiger partial charge in [0.25, 0.3) is 0 Å². The van der Waals surface area contributed by atoms with Gasteiger partial charge in [-0.15, -0.1) is 0 Å². The molecule has 0 saturated carbocycles. The molecule has 0 radical (unpaired) electrons. The smallest absolute Gasteiger partial charge is 0.191 e. The average molecular weight is 356 g/mol. The summed E-state index contributed by atoms with van der Waals surface area (Å²) in [4.78, 5) is 15.2. The molecule has 0 aromatic carbocycles. The van der Waals surface area contributed by atoms with Crippen LogP contribution in [0.4, 0.5) is 10.2 Å². The highest BCUT2D eigenvalue weighted by Gasteiger charge is 2.25. The fourth-order valence-electron chi connectivity index (χ4n) is 3.03. The maximum absolute atomic E-state index is 13.9. The van der Waals surface area contributed by atoms with Crippen LogP contribution in [0.2, 0.25) is 0 Å². The summed E-state index contributed by atoms with van der Waals surface area (Å²) in [6.07, 6.45) is 4.32. The third-order valence-corrected chi connectivity index (χ3v) is 4.42. The predicted molar refractivity (Wildman–Crippen MR) is 102 cm³/mol.